The summed E-state index contributed by atoms with van der Waals surface area (Å²) in [4.78, 5) is 12.9. The molecule has 0 radical (unpaired) electrons. The first-order valence-corrected chi connectivity index (χ1v) is 9.75. The van der Waals surface area contributed by atoms with Crippen LogP contribution in [0.1, 0.15) is 42.3 Å². The van der Waals surface area contributed by atoms with Gasteiger partial charge in [0.2, 0.25) is 0 Å². The van der Waals surface area contributed by atoms with E-state index in [9.17, 15) is 4.79 Å². The van der Waals surface area contributed by atoms with Crippen molar-refractivity contribution in [1.29, 1.82) is 0 Å². The fraction of sp³-hybridized carbons (Fsp3) is 0.350. The Balaban J connectivity index is 2.43. The lowest BCUT2D eigenvalue weighted by molar-refractivity contribution is 0.102. The van der Waals surface area contributed by atoms with E-state index in [1.165, 1.54) is 0 Å². The van der Waals surface area contributed by atoms with Gasteiger partial charge in [-0.1, -0.05) is 31.5 Å². The molecule has 0 heterocycles. The minimum Gasteiger partial charge on any atom is -0.493 e. The Hall–Kier alpha value is -1.72. The second-order valence-electron chi connectivity index (χ2n) is 5.64. The maximum atomic E-state index is 12.9. The Bertz CT molecular complexity index is 808. The van der Waals surface area contributed by atoms with E-state index in [-0.39, 0.29) is 5.91 Å². The number of hydrogen-bond donors (Lipinski definition) is 1. The van der Waals surface area contributed by atoms with Crippen molar-refractivity contribution >= 4 is 39.1 Å². The Morgan fingerprint density at radius 2 is 1.92 bits per heavy atom. The smallest absolute Gasteiger partial charge is 0.255 e. The standard InChI is InChI=1S/C20H23BrClNO3/c1-5-12-8-9-16(22)14(6-2)18(12)23-20(24)13-10-15(21)19(26-7-3)17(11-13)25-4/h8-11H,5-7H2,1-4H3,(H,23,24). The number of methoxy groups -OCH3 is 1. The SMILES string of the molecule is CCOc1c(Br)cc(C(=O)Nc2c(CC)ccc(Cl)c2CC)cc1OC. The summed E-state index contributed by atoms with van der Waals surface area (Å²) >= 11 is 9.78. The highest BCUT2D eigenvalue weighted by molar-refractivity contribution is 9.10. The third kappa shape index (κ3) is 4.33. The summed E-state index contributed by atoms with van der Waals surface area (Å²) in [6, 6.07) is 7.23. The molecule has 26 heavy (non-hydrogen) atoms. The van der Waals surface area contributed by atoms with Crippen LogP contribution in [0.3, 0.4) is 0 Å². The monoisotopic (exact) mass is 439 g/mol. The third-order valence-corrected chi connectivity index (χ3v) is 5.04. The van der Waals surface area contributed by atoms with Crippen LogP contribution in [0, 0.1) is 0 Å². The van der Waals surface area contributed by atoms with Gasteiger partial charge in [-0.15, -0.1) is 0 Å². The van der Waals surface area contributed by atoms with Gasteiger partial charge in [-0.25, -0.2) is 0 Å². The molecule has 0 fully saturated rings. The quantitative estimate of drug-likeness (QED) is 0.584. The molecular weight excluding hydrogens is 418 g/mol. The van der Waals surface area contributed by atoms with Crippen molar-refractivity contribution in [3.63, 3.8) is 0 Å². The van der Waals surface area contributed by atoms with E-state index in [0.717, 1.165) is 29.7 Å². The summed E-state index contributed by atoms with van der Waals surface area (Å²) in [5.74, 6) is 0.861. The third-order valence-electron chi connectivity index (χ3n) is 4.10. The van der Waals surface area contributed by atoms with E-state index in [4.69, 9.17) is 21.1 Å². The molecule has 4 nitrogen and oxygen atoms in total. The highest BCUT2D eigenvalue weighted by atomic mass is 79.9. The van der Waals surface area contributed by atoms with Crippen molar-refractivity contribution in [2.24, 2.45) is 0 Å². The number of carbonyl (C=O) groups is 1. The molecule has 140 valence electrons. The first-order valence-electron chi connectivity index (χ1n) is 8.58. The number of amides is 1. The number of benzene rings is 2. The maximum absolute atomic E-state index is 12.9. The number of hydrogen-bond acceptors (Lipinski definition) is 3. The molecule has 1 N–H and O–H groups in total. The van der Waals surface area contributed by atoms with Crippen LogP contribution < -0.4 is 14.8 Å². The molecule has 1 amide bonds. The highest BCUT2D eigenvalue weighted by Gasteiger charge is 2.18. The van der Waals surface area contributed by atoms with Crippen LogP contribution in [0.4, 0.5) is 5.69 Å². The Morgan fingerprint density at radius 1 is 1.19 bits per heavy atom. The molecule has 0 bridgehead atoms. The van der Waals surface area contributed by atoms with E-state index in [1.807, 2.05) is 26.0 Å². The second kappa shape index (κ2) is 9.28. The number of halogens is 2. The lowest BCUT2D eigenvalue weighted by atomic mass is 10.0. The van der Waals surface area contributed by atoms with Crippen molar-refractivity contribution < 1.29 is 14.3 Å². The van der Waals surface area contributed by atoms with E-state index in [1.54, 1.807) is 19.2 Å². The first kappa shape index (κ1) is 20.6. The van der Waals surface area contributed by atoms with Crippen LogP contribution in [0.2, 0.25) is 5.02 Å². The van der Waals surface area contributed by atoms with Gasteiger partial charge in [0.15, 0.2) is 11.5 Å². The normalized spacial score (nSPS) is 10.5. The largest absolute Gasteiger partial charge is 0.493 e. The van der Waals surface area contributed by atoms with Gasteiger partial charge in [-0.2, -0.15) is 0 Å². The predicted molar refractivity (Wildman–Crippen MR) is 110 cm³/mol. The van der Waals surface area contributed by atoms with Crippen molar-refractivity contribution in [3.8, 4) is 11.5 Å². The van der Waals surface area contributed by atoms with Crippen LogP contribution in [-0.4, -0.2) is 19.6 Å². The van der Waals surface area contributed by atoms with Gasteiger partial charge in [0.25, 0.3) is 5.91 Å². The van der Waals surface area contributed by atoms with Crippen LogP contribution >= 0.6 is 27.5 Å². The summed E-state index contributed by atoms with van der Waals surface area (Å²) < 4.78 is 11.6. The van der Waals surface area contributed by atoms with Crippen LogP contribution in [-0.2, 0) is 12.8 Å². The molecule has 0 aliphatic rings. The maximum Gasteiger partial charge on any atom is 0.255 e. The number of ether oxygens (including phenoxy) is 2. The summed E-state index contributed by atoms with van der Waals surface area (Å²) in [5, 5.41) is 3.69. The van der Waals surface area contributed by atoms with Gasteiger partial charge < -0.3 is 14.8 Å². The molecule has 0 saturated carbocycles. The molecular formula is C20H23BrClNO3. The number of rotatable bonds is 7. The van der Waals surface area contributed by atoms with Gasteiger partial charge in [0.1, 0.15) is 0 Å². The molecule has 0 spiro atoms. The molecule has 0 aromatic heterocycles. The first-order chi connectivity index (χ1) is 12.5. The molecule has 0 atom stereocenters. The van der Waals surface area contributed by atoms with Crippen molar-refractivity contribution in [2.45, 2.75) is 33.6 Å². The molecule has 0 unspecified atom stereocenters. The topological polar surface area (TPSA) is 47.6 Å². The lowest BCUT2D eigenvalue weighted by Gasteiger charge is -2.17. The number of anilines is 1. The molecule has 0 saturated heterocycles. The van der Waals surface area contributed by atoms with Crippen molar-refractivity contribution in [2.75, 3.05) is 19.0 Å². The Labute approximate surface area is 168 Å². The predicted octanol–water partition coefficient (Wildman–Crippen LogP) is 5.89. The summed E-state index contributed by atoms with van der Waals surface area (Å²) in [5.41, 5.74) is 3.26. The molecule has 0 aliphatic carbocycles. The fourth-order valence-electron chi connectivity index (χ4n) is 2.79. The molecule has 0 aliphatic heterocycles. The van der Waals surface area contributed by atoms with E-state index < -0.39 is 0 Å². The van der Waals surface area contributed by atoms with Gasteiger partial charge in [0, 0.05) is 16.3 Å². The second-order valence-corrected chi connectivity index (χ2v) is 6.91. The molecule has 2 rings (SSSR count). The van der Waals surface area contributed by atoms with Crippen LogP contribution in [0.15, 0.2) is 28.7 Å². The lowest BCUT2D eigenvalue weighted by Crippen LogP contribution is -2.15. The van der Waals surface area contributed by atoms with Gasteiger partial charge in [-0.3, -0.25) is 4.79 Å². The Morgan fingerprint density at radius 3 is 2.50 bits per heavy atom. The van der Waals surface area contributed by atoms with Crippen LogP contribution in [0.25, 0.3) is 0 Å². The van der Waals surface area contributed by atoms with E-state index in [2.05, 4.69) is 28.2 Å². The number of nitrogens with one attached hydrogen (secondary N) is 1. The highest BCUT2D eigenvalue weighted by Crippen LogP contribution is 2.37. The zero-order chi connectivity index (χ0) is 19.3. The molecule has 2 aromatic rings. The zero-order valence-electron chi connectivity index (χ0n) is 15.4. The van der Waals surface area contributed by atoms with E-state index in [0.29, 0.717) is 33.2 Å². The van der Waals surface area contributed by atoms with Crippen molar-refractivity contribution in [1.82, 2.24) is 0 Å². The fourth-order valence-corrected chi connectivity index (χ4v) is 3.64. The van der Waals surface area contributed by atoms with E-state index >= 15 is 0 Å². The average molecular weight is 441 g/mol. The number of carbonyl (C=O) groups excluding carboxylic acids is 1. The Kier molecular flexibility index (Phi) is 7.35. The molecule has 6 heteroatoms. The van der Waals surface area contributed by atoms with Gasteiger partial charge >= 0.3 is 0 Å². The summed E-state index contributed by atoms with van der Waals surface area (Å²) in [6.45, 7) is 6.47. The summed E-state index contributed by atoms with van der Waals surface area (Å²) in [6.07, 6.45) is 1.54. The average Bonchev–Trinajstić information content (AvgIpc) is 2.63. The summed E-state index contributed by atoms with van der Waals surface area (Å²) in [7, 11) is 1.55. The van der Waals surface area contributed by atoms with Gasteiger partial charge in [0.05, 0.1) is 18.2 Å². The minimum absolute atomic E-state index is 0.223. The minimum atomic E-state index is -0.223. The number of aryl methyl sites for hydroxylation is 1. The zero-order valence-corrected chi connectivity index (χ0v) is 17.8. The van der Waals surface area contributed by atoms with Crippen molar-refractivity contribution in [3.05, 3.63) is 50.5 Å². The van der Waals surface area contributed by atoms with Gasteiger partial charge in [-0.05, 0) is 65.0 Å². The molecule has 2 aromatic carbocycles. The van der Waals surface area contributed by atoms with Crippen LogP contribution in [0.5, 0.6) is 11.5 Å².